The van der Waals surface area contributed by atoms with E-state index in [1.807, 2.05) is 0 Å². The predicted octanol–water partition coefficient (Wildman–Crippen LogP) is 0.376. The predicted molar refractivity (Wildman–Crippen MR) is 67.6 cm³/mol. The molecular weight excluding hydrogens is 202 g/mol. The summed E-state index contributed by atoms with van der Waals surface area (Å²) in [5.41, 5.74) is 5.80. The molecule has 4 nitrogen and oxygen atoms in total. The number of rotatable bonds is 5. The van der Waals surface area contributed by atoms with Crippen molar-refractivity contribution in [1.29, 1.82) is 0 Å². The Kier molecular flexibility index (Phi) is 5.18. The van der Waals surface area contributed by atoms with Crippen LogP contribution in [-0.2, 0) is 4.74 Å². The van der Waals surface area contributed by atoms with Gasteiger partial charge in [-0.05, 0) is 27.3 Å². The van der Waals surface area contributed by atoms with Crippen LogP contribution in [0, 0.1) is 0 Å². The first-order valence-corrected chi connectivity index (χ1v) is 6.16. The zero-order chi connectivity index (χ0) is 12.2. The van der Waals surface area contributed by atoms with Gasteiger partial charge in [0.25, 0.3) is 0 Å². The van der Waals surface area contributed by atoms with E-state index < -0.39 is 0 Å². The molecule has 16 heavy (non-hydrogen) atoms. The van der Waals surface area contributed by atoms with Crippen LogP contribution in [0.2, 0.25) is 0 Å². The fraction of sp³-hybridized carbons (Fsp3) is 1.00. The Balaban J connectivity index is 2.40. The smallest absolute Gasteiger partial charge is 0.0634 e. The molecule has 0 radical (unpaired) electrons. The minimum atomic E-state index is -0.0253. The van der Waals surface area contributed by atoms with Crippen LogP contribution in [0.25, 0.3) is 0 Å². The van der Waals surface area contributed by atoms with Gasteiger partial charge >= 0.3 is 0 Å². The number of hydrogen-bond donors (Lipinski definition) is 1. The molecule has 1 saturated heterocycles. The lowest BCUT2D eigenvalue weighted by Gasteiger charge is -2.40. The van der Waals surface area contributed by atoms with Gasteiger partial charge < -0.3 is 15.4 Å². The maximum absolute atomic E-state index is 5.83. The Hall–Kier alpha value is -0.160. The summed E-state index contributed by atoms with van der Waals surface area (Å²) in [6.45, 7) is 9.46. The van der Waals surface area contributed by atoms with Crippen LogP contribution in [0.3, 0.4) is 0 Å². The molecule has 1 unspecified atom stereocenters. The summed E-state index contributed by atoms with van der Waals surface area (Å²) < 4.78 is 5.45. The van der Waals surface area contributed by atoms with Gasteiger partial charge in [0.15, 0.2) is 0 Å². The molecular formula is C12H27N3O. The molecule has 2 N–H and O–H groups in total. The van der Waals surface area contributed by atoms with E-state index in [0.29, 0.717) is 6.04 Å². The summed E-state index contributed by atoms with van der Waals surface area (Å²) in [5.74, 6) is 0. The van der Waals surface area contributed by atoms with E-state index in [-0.39, 0.29) is 5.60 Å². The van der Waals surface area contributed by atoms with Crippen LogP contribution < -0.4 is 5.73 Å². The highest BCUT2D eigenvalue weighted by molar-refractivity contribution is 4.83. The molecule has 0 saturated carbocycles. The van der Waals surface area contributed by atoms with Crippen molar-refractivity contribution in [2.75, 3.05) is 46.9 Å². The minimum Gasteiger partial charge on any atom is -0.379 e. The molecule has 0 aromatic carbocycles. The second-order valence-electron chi connectivity index (χ2n) is 5.40. The SMILES string of the molecule is COC(C)(C)CCN1CCN(C)CC1CN. The second-order valence-corrected chi connectivity index (χ2v) is 5.40. The summed E-state index contributed by atoms with van der Waals surface area (Å²) in [7, 11) is 3.95. The number of nitrogens with two attached hydrogens (primary N) is 1. The van der Waals surface area contributed by atoms with Gasteiger partial charge in [-0.1, -0.05) is 0 Å². The molecule has 1 atom stereocenters. The molecule has 1 aliphatic heterocycles. The number of hydrogen-bond acceptors (Lipinski definition) is 4. The Bertz CT molecular complexity index is 208. The summed E-state index contributed by atoms with van der Waals surface area (Å²) >= 11 is 0. The molecule has 0 aliphatic carbocycles. The van der Waals surface area contributed by atoms with E-state index in [9.17, 15) is 0 Å². The van der Waals surface area contributed by atoms with Crippen LogP contribution in [0.15, 0.2) is 0 Å². The van der Waals surface area contributed by atoms with E-state index in [2.05, 4.69) is 30.7 Å². The number of nitrogens with zero attached hydrogens (tertiary/aromatic N) is 2. The van der Waals surface area contributed by atoms with Gasteiger partial charge in [0.05, 0.1) is 5.60 Å². The zero-order valence-electron chi connectivity index (χ0n) is 11.2. The van der Waals surface area contributed by atoms with Crippen molar-refractivity contribution >= 4 is 0 Å². The van der Waals surface area contributed by atoms with E-state index in [0.717, 1.165) is 39.1 Å². The molecule has 4 heteroatoms. The Morgan fingerprint density at radius 1 is 1.38 bits per heavy atom. The highest BCUT2D eigenvalue weighted by Gasteiger charge is 2.26. The van der Waals surface area contributed by atoms with Gasteiger partial charge in [-0.25, -0.2) is 0 Å². The zero-order valence-corrected chi connectivity index (χ0v) is 11.2. The summed E-state index contributed by atoms with van der Waals surface area (Å²) in [6.07, 6.45) is 1.06. The fourth-order valence-electron chi connectivity index (χ4n) is 2.08. The van der Waals surface area contributed by atoms with Gasteiger partial charge in [-0.15, -0.1) is 0 Å². The molecule has 0 amide bonds. The van der Waals surface area contributed by atoms with Gasteiger partial charge in [0.1, 0.15) is 0 Å². The van der Waals surface area contributed by atoms with Gasteiger partial charge in [0.2, 0.25) is 0 Å². The molecule has 96 valence electrons. The third-order valence-corrected chi connectivity index (χ3v) is 3.63. The molecule has 0 bridgehead atoms. The molecule has 1 heterocycles. The third-order valence-electron chi connectivity index (χ3n) is 3.63. The first-order chi connectivity index (χ1) is 7.48. The van der Waals surface area contributed by atoms with Gasteiger partial charge in [-0.3, -0.25) is 4.90 Å². The molecule has 0 aromatic rings. The van der Waals surface area contributed by atoms with Crippen molar-refractivity contribution in [1.82, 2.24) is 9.80 Å². The fourth-order valence-corrected chi connectivity index (χ4v) is 2.08. The Morgan fingerprint density at radius 3 is 2.62 bits per heavy atom. The number of likely N-dealkylation sites (N-methyl/N-ethyl adjacent to an activating group) is 1. The minimum absolute atomic E-state index is 0.0253. The molecule has 0 spiro atoms. The molecule has 1 fully saturated rings. The van der Waals surface area contributed by atoms with Crippen LogP contribution in [0.5, 0.6) is 0 Å². The lowest BCUT2D eigenvalue weighted by molar-refractivity contribution is -0.00275. The largest absolute Gasteiger partial charge is 0.379 e. The number of methoxy groups -OCH3 is 1. The van der Waals surface area contributed by atoms with Crippen molar-refractivity contribution in [3.05, 3.63) is 0 Å². The highest BCUT2D eigenvalue weighted by atomic mass is 16.5. The lowest BCUT2D eigenvalue weighted by atomic mass is 10.0. The van der Waals surface area contributed by atoms with Crippen LogP contribution in [0.1, 0.15) is 20.3 Å². The molecule has 1 aliphatic rings. The monoisotopic (exact) mass is 229 g/mol. The van der Waals surface area contributed by atoms with Gasteiger partial charge in [0, 0.05) is 45.9 Å². The molecule has 1 rings (SSSR count). The van der Waals surface area contributed by atoms with Crippen molar-refractivity contribution in [3.8, 4) is 0 Å². The van der Waals surface area contributed by atoms with Crippen LogP contribution in [-0.4, -0.2) is 68.3 Å². The summed E-state index contributed by atoms with van der Waals surface area (Å²) in [5, 5.41) is 0. The lowest BCUT2D eigenvalue weighted by Crippen LogP contribution is -2.55. The summed E-state index contributed by atoms with van der Waals surface area (Å²) in [4.78, 5) is 4.86. The van der Waals surface area contributed by atoms with Gasteiger partial charge in [-0.2, -0.15) is 0 Å². The third kappa shape index (κ3) is 4.01. The average molecular weight is 229 g/mol. The first kappa shape index (κ1) is 13.9. The quantitative estimate of drug-likeness (QED) is 0.740. The number of ether oxygens (including phenoxy) is 1. The maximum atomic E-state index is 5.83. The second kappa shape index (κ2) is 5.96. The summed E-state index contributed by atoms with van der Waals surface area (Å²) in [6, 6.07) is 0.506. The number of piperazine rings is 1. The normalized spacial score (nSPS) is 24.9. The Morgan fingerprint density at radius 2 is 2.06 bits per heavy atom. The Labute approximate surface area is 99.7 Å². The topological polar surface area (TPSA) is 41.7 Å². The first-order valence-electron chi connectivity index (χ1n) is 6.16. The van der Waals surface area contributed by atoms with Crippen LogP contribution >= 0.6 is 0 Å². The van der Waals surface area contributed by atoms with E-state index >= 15 is 0 Å². The highest BCUT2D eigenvalue weighted by Crippen LogP contribution is 2.16. The van der Waals surface area contributed by atoms with Crippen LogP contribution in [0.4, 0.5) is 0 Å². The molecule has 0 aromatic heterocycles. The van der Waals surface area contributed by atoms with E-state index in [1.165, 1.54) is 0 Å². The maximum Gasteiger partial charge on any atom is 0.0634 e. The van der Waals surface area contributed by atoms with E-state index in [4.69, 9.17) is 10.5 Å². The van der Waals surface area contributed by atoms with E-state index in [1.54, 1.807) is 7.11 Å². The van der Waals surface area contributed by atoms with Crippen molar-refractivity contribution in [2.24, 2.45) is 5.73 Å². The standard InChI is InChI=1S/C12H27N3O/c1-12(2,16-4)5-6-15-8-7-14(3)10-11(15)9-13/h11H,5-10,13H2,1-4H3. The average Bonchev–Trinajstić information content (AvgIpc) is 2.27. The van der Waals surface area contributed by atoms with Crippen molar-refractivity contribution < 1.29 is 4.74 Å². The van der Waals surface area contributed by atoms with Crippen molar-refractivity contribution in [2.45, 2.75) is 31.9 Å². The van der Waals surface area contributed by atoms with Crippen molar-refractivity contribution in [3.63, 3.8) is 0 Å².